The van der Waals surface area contributed by atoms with Crippen LogP contribution >= 0.6 is 22.6 Å². The summed E-state index contributed by atoms with van der Waals surface area (Å²) in [6, 6.07) is 8.14. The van der Waals surface area contributed by atoms with E-state index in [0.717, 1.165) is 35.1 Å². The predicted octanol–water partition coefficient (Wildman–Crippen LogP) is 2.47. The molecule has 1 amide bonds. The number of hydrogen-bond donors (Lipinski definition) is 2. The lowest BCUT2D eigenvalue weighted by atomic mass is 10.00. The number of carbonyl (C=O) groups is 1. The lowest BCUT2D eigenvalue weighted by Crippen LogP contribution is -2.44. The minimum absolute atomic E-state index is 0.0249. The third kappa shape index (κ3) is 4.71. The highest BCUT2D eigenvalue weighted by atomic mass is 127. The first-order valence-corrected chi connectivity index (χ1v) is 8.17. The molecule has 0 aliphatic carbocycles. The Morgan fingerprint density at radius 2 is 2.30 bits per heavy atom. The summed E-state index contributed by atoms with van der Waals surface area (Å²) >= 11 is 2.23. The smallest absolute Gasteiger partial charge is 0.238 e. The summed E-state index contributed by atoms with van der Waals surface area (Å²) < 4.78 is 1.11. The van der Waals surface area contributed by atoms with E-state index in [1.54, 1.807) is 0 Å². The quantitative estimate of drug-likeness (QED) is 0.763. The zero-order chi connectivity index (χ0) is 14.4. The van der Waals surface area contributed by atoms with Gasteiger partial charge in [-0.2, -0.15) is 0 Å². The zero-order valence-corrected chi connectivity index (χ0v) is 13.7. The van der Waals surface area contributed by atoms with Crippen molar-refractivity contribution in [3.05, 3.63) is 27.8 Å². The summed E-state index contributed by atoms with van der Waals surface area (Å²) in [5.74, 6) is 0.0249. The highest BCUT2D eigenvalue weighted by Crippen LogP contribution is 2.19. The third-order valence-electron chi connectivity index (χ3n) is 3.67. The van der Waals surface area contributed by atoms with Gasteiger partial charge < -0.3 is 10.4 Å². The fourth-order valence-electron chi connectivity index (χ4n) is 2.70. The van der Waals surface area contributed by atoms with Crippen LogP contribution in [0.2, 0.25) is 0 Å². The minimum Gasteiger partial charge on any atom is -0.396 e. The van der Waals surface area contributed by atoms with Crippen molar-refractivity contribution in [3.63, 3.8) is 0 Å². The van der Waals surface area contributed by atoms with Crippen molar-refractivity contribution < 1.29 is 9.90 Å². The Balaban J connectivity index is 1.89. The summed E-state index contributed by atoms with van der Waals surface area (Å²) in [5.41, 5.74) is 0.845. The Morgan fingerprint density at radius 3 is 3.05 bits per heavy atom. The second kappa shape index (κ2) is 7.95. The van der Waals surface area contributed by atoms with E-state index in [0.29, 0.717) is 12.6 Å². The Hall–Kier alpha value is -0.660. The van der Waals surface area contributed by atoms with E-state index >= 15 is 0 Å². The maximum atomic E-state index is 12.1. The van der Waals surface area contributed by atoms with Crippen LogP contribution in [0.25, 0.3) is 0 Å². The van der Waals surface area contributed by atoms with E-state index < -0.39 is 0 Å². The van der Waals surface area contributed by atoms with Gasteiger partial charge in [0.1, 0.15) is 0 Å². The van der Waals surface area contributed by atoms with Gasteiger partial charge in [0.2, 0.25) is 5.91 Å². The Morgan fingerprint density at radius 1 is 1.45 bits per heavy atom. The molecule has 0 saturated carbocycles. The first-order chi connectivity index (χ1) is 9.69. The highest BCUT2D eigenvalue weighted by molar-refractivity contribution is 14.1. The third-order valence-corrected chi connectivity index (χ3v) is 4.34. The van der Waals surface area contributed by atoms with Crippen LogP contribution in [0.1, 0.15) is 25.7 Å². The second-order valence-corrected chi connectivity index (χ2v) is 6.44. The van der Waals surface area contributed by atoms with Gasteiger partial charge >= 0.3 is 0 Å². The number of carbonyl (C=O) groups excluding carboxylic acids is 1. The monoisotopic (exact) mass is 388 g/mol. The average Bonchev–Trinajstić information content (AvgIpc) is 2.41. The number of nitrogens with zero attached hydrogens (tertiary/aromatic N) is 1. The molecule has 2 N–H and O–H groups in total. The van der Waals surface area contributed by atoms with Crippen LogP contribution in [0.3, 0.4) is 0 Å². The van der Waals surface area contributed by atoms with E-state index in [9.17, 15) is 4.79 Å². The lowest BCUT2D eigenvalue weighted by Gasteiger charge is -2.34. The number of halogens is 1. The summed E-state index contributed by atoms with van der Waals surface area (Å²) in [5, 5.41) is 12.1. The SMILES string of the molecule is O=C(CN1CCCCC1CCO)Nc1cccc(I)c1. The van der Waals surface area contributed by atoms with Crippen LogP contribution in [0.15, 0.2) is 24.3 Å². The molecule has 1 aliphatic heterocycles. The number of nitrogens with one attached hydrogen (secondary N) is 1. The van der Waals surface area contributed by atoms with Gasteiger partial charge in [-0.15, -0.1) is 0 Å². The van der Waals surface area contributed by atoms with Gasteiger partial charge in [-0.25, -0.2) is 0 Å². The molecule has 0 spiro atoms. The molecular weight excluding hydrogens is 367 g/mol. The highest BCUT2D eigenvalue weighted by Gasteiger charge is 2.23. The molecule has 20 heavy (non-hydrogen) atoms. The Bertz CT molecular complexity index is 451. The molecule has 1 unspecified atom stereocenters. The number of amides is 1. The molecule has 2 rings (SSSR count). The number of aliphatic hydroxyl groups is 1. The molecule has 1 heterocycles. The summed E-state index contributed by atoms with van der Waals surface area (Å²) in [4.78, 5) is 14.3. The molecule has 1 atom stereocenters. The number of anilines is 1. The molecule has 1 aliphatic rings. The van der Waals surface area contributed by atoms with Crippen molar-refractivity contribution in [1.82, 2.24) is 4.90 Å². The molecule has 0 aromatic heterocycles. The van der Waals surface area contributed by atoms with Gasteiger partial charge in [-0.05, 0) is 66.6 Å². The molecule has 0 bridgehead atoms. The van der Waals surface area contributed by atoms with Gasteiger partial charge in [-0.3, -0.25) is 9.69 Å². The second-order valence-electron chi connectivity index (χ2n) is 5.19. The largest absolute Gasteiger partial charge is 0.396 e. The van der Waals surface area contributed by atoms with Gasteiger partial charge in [0.25, 0.3) is 0 Å². The van der Waals surface area contributed by atoms with Crippen LogP contribution in [-0.4, -0.2) is 41.7 Å². The summed E-state index contributed by atoms with van der Waals surface area (Å²) in [7, 11) is 0. The van der Waals surface area contributed by atoms with Gasteiger partial charge in [0.05, 0.1) is 6.54 Å². The molecular formula is C15H21IN2O2. The average molecular weight is 388 g/mol. The van der Waals surface area contributed by atoms with Crippen LogP contribution in [0, 0.1) is 3.57 Å². The number of benzene rings is 1. The summed E-state index contributed by atoms with van der Waals surface area (Å²) in [6.45, 7) is 1.56. The molecule has 1 saturated heterocycles. The normalized spacial score (nSPS) is 19.8. The summed E-state index contributed by atoms with van der Waals surface area (Å²) in [6.07, 6.45) is 4.17. The standard InChI is InChI=1S/C15H21IN2O2/c16-12-4-3-5-13(10-12)17-15(20)11-18-8-2-1-6-14(18)7-9-19/h3-5,10,14,19H,1-2,6-9,11H2,(H,17,20). The molecule has 5 heteroatoms. The molecule has 110 valence electrons. The number of rotatable bonds is 5. The van der Waals surface area contributed by atoms with Crippen LogP contribution < -0.4 is 5.32 Å². The van der Waals surface area contributed by atoms with Crippen molar-refractivity contribution in [2.75, 3.05) is 25.0 Å². The van der Waals surface area contributed by atoms with Crippen molar-refractivity contribution in [3.8, 4) is 0 Å². The molecule has 1 fully saturated rings. The van der Waals surface area contributed by atoms with Gasteiger partial charge in [0, 0.05) is 21.9 Å². The Kier molecular flexibility index (Phi) is 6.25. The number of aliphatic hydroxyl groups excluding tert-OH is 1. The molecule has 0 radical (unpaired) electrons. The Labute approximate surface area is 133 Å². The maximum Gasteiger partial charge on any atom is 0.238 e. The fraction of sp³-hybridized carbons (Fsp3) is 0.533. The van der Waals surface area contributed by atoms with Gasteiger partial charge in [-0.1, -0.05) is 12.5 Å². The number of hydrogen-bond acceptors (Lipinski definition) is 3. The van der Waals surface area contributed by atoms with E-state index in [1.807, 2.05) is 24.3 Å². The maximum absolute atomic E-state index is 12.1. The topological polar surface area (TPSA) is 52.6 Å². The number of piperidine rings is 1. The van der Waals surface area contributed by atoms with Gasteiger partial charge in [0.15, 0.2) is 0 Å². The zero-order valence-electron chi connectivity index (χ0n) is 11.5. The van der Waals surface area contributed by atoms with Crippen molar-refractivity contribution in [2.45, 2.75) is 31.7 Å². The van der Waals surface area contributed by atoms with E-state index in [-0.39, 0.29) is 12.5 Å². The molecule has 4 nitrogen and oxygen atoms in total. The van der Waals surface area contributed by atoms with Crippen LogP contribution in [-0.2, 0) is 4.79 Å². The van der Waals surface area contributed by atoms with Crippen molar-refractivity contribution in [2.24, 2.45) is 0 Å². The van der Waals surface area contributed by atoms with Crippen LogP contribution in [0.4, 0.5) is 5.69 Å². The molecule has 1 aromatic carbocycles. The van der Waals surface area contributed by atoms with E-state index in [4.69, 9.17) is 5.11 Å². The number of likely N-dealkylation sites (tertiary alicyclic amines) is 1. The predicted molar refractivity (Wildman–Crippen MR) is 88.7 cm³/mol. The molecule has 1 aromatic rings. The van der Waals surface area contributed by atoms with E-state index in [1.165, 1.54) is 6.42 Å². The van der Waals surface area contributed by atoms with E-state index in [2.05, 4.69) is 32.8 Å². The lowest BCUT2D eigenvalue weighted by molar-refractivity contribution is -0.118. The first kappa shape index (κ1) is 15.7. The van der Waals surface area contributed by atoms with Crippen LogP contribution in [0.5, 0.6) is 0 Å². The van der Waals surface area contributed by atoms with Crippen molar-refractivity contribution in [1.29, 1.82) is 0 Å². The van der Waals surface area contributed by atoms with Crippen molar-refractivity contribution >= 4 is 34.2 Å². The minimum atomic E-state index is 0.0249. The first-order valence-electron chi connectivity index (χ1n) is 7.09. The fourth-order valence-corrected chi connectivity index (χ4v) is 3.24.